The summed E-state index contributed by atoms with van der Waals surface area (Å²) in [5, 5.41) is 5.91. The molecule has 0 radical (unpaired) electrons. The van der Waals surface area contributed by atoms with Crippen molar-refractivity contribution in [1.29, 1.82) is 0 Å². The molecule has 0 N–H and O–H groups in total. The SMILES string of the molecule is CON(C(=O)N1CC(c2ccc(F)cc2)C(c2ccc(OC(F)F)cc2)=N1)c1ccc(Br)c(F)c1F. The van der Waals surface area contributed by atoms with Crippen LogP contribution in [0.3, 0.4) is 0 Å². The third kappa shape index (κ3) is 5.19. The molecule has 1 atom stereocenters. The topological polar surface area (TPSA) is 54.4 Å². The number of carbonyl (C=O) groups is 1. The van der Waals surface area contributed by atoms with Crippen LogP contribution in [-0.2, 0) is 4.84 Å². The lowest BCUT2D eigenvalue weighted by Gasteiger charge is -2.24. The molecule has 0 fully saturated rings. The summed E-state index contributed by atoms with van der Waals surface area (Å²) in [5.74, 6) is -3.61. The molecule has 3 aromatic carbocycles. The first-order valence-electron chi connectivity index (χ1n) is 10.4. The Kier molecular flexibility index (Phi) is 7.55. The molecule has 0 bridgehead atoms. The Morgan fingerprint density at radius 1 is 1.03 bits per heavy atom. The molecule has 12 heteroatoms. The Balaban J connectivity index is 1.70. The highest BCUT2D eigenvalue weighted by atomic mass is 79.9. The van der Waals surface area contributed by atoms with Crippen molar-refractivity contribution in [3.63, 3.8) is 0 Å². The number of anilines is 1. The second kappa shape index (κ2) is 10.6. The fourth-order valence-electron chi connectivity index (χ4n) is 3.70. The van der Waals surface area contributed by atoms with Crippen molar-refractivity contribution in [2.45, 2.75) is 12.5 Å². The number of ether oxygens (including phenoxy) is 1. The minimum atomic E-state index is -3.00. The number of nitrogens with zero attached hydrogens (tertiary/aromatic N) is 3. The van der Waals surface area contributed by atoms with Gasteiger partial charge in [-0.15, -0.1) is 0 Å². The van der Waals surface area contributed by atoms with Crippen molar-refractivity contribution in [3.05, 3.63) is 93.7 Å². The maximum atomic E-state index is 14.6. The third-order valence-corrected chi connectivity index (χ3v) is 5.98. The van der Waals surface area contributed by atoms with Crippen LogP contribution in [0.4, 0.5) is 32.4 Å². The lowest BCUT2D eigenvalue weighted by atomic mass is 9.90. The summed E-state index contributed by atoms with van der Waals surface area (Å²) in [5.41, 5.74) is 0.977. The van der Waals surface area contributed by atoms with Gasteiger partial charge in [0.1, 0.15) is 17.3 Å². The van der Waals surface area contributed by atoms with Gasteiger partial charge in [0.05, 0.1) is 23.8 Å². The molecule has 4 rings (SSSR count). The molecule has 6 nitrogen and oxygen atoms in total. The molecule has 3 aromatic rings. The number of hydroxylamine groups is 1. The van der Waals surface area contributed by atoms with E-state index in [1.165, 1.54) is 54.6 Å². The van der Waals surface area contributed by atoms with Gasteiger partial charge < -0.3 is 4.74 Å². The van der Waals surface area contributed by atoms with E-state index in [9.17, 15) is 26.7 Å². The van der Waals surface area contributed by atoms with E-state index in [1.54, 1.807) is 0 Å². The highest BCUT2D eigenvalue weighted by Crippen LogP contribution is 2.33. The lowest BCUT2D eigenvalue weighted by molar-refractivity contribution is -0.0498. The number of halogens is 6. The number of benzene rings is 3. The van der Waals surface area contributed by atoms with Crippen molar-refractivity contribution < 1.29 is 36.3 Å². The molecule has 1 aliphatic rings. The molecular weight excluding hydrogens is 553 g/mol. The van der Waals surface area contributed by atoms with Gasteiger partial charge in [0.15, 0.2) is 11.6 Å². The van der Waals surface area contributed by atoms with Crippen molar-refractivity contribution in [1.82, 2.24) is 5.01 Å². The predicted molar refractivity (Wildman–Crippen MR) is 124 cm³/mol. The Morgan fingerprint density at radius 2 is 1.69 bits per heavy atom. The summed E-state index contributed by atoms with van der Waals surface area (Å²) in [4.78, 5) is 18.3. The van der Waals surface area contributed by atoms with Gasteiger partial charge in [0.25, 0.3) is 0 Å². The van der Waals surface area contributed by atoms with Crippen LogP contribution in [0.5, 0.6) is 5.75 Å². The molecule has 0 spiro atoms. The number of alkyl halides is 2. The number of carbonyl (C=O) groups excluding carboxylic acids is 1. The quantitative estimate of drug-likeness (QED) is 0.194. The van der Waals surface area contributed by atoms with Crippen LogP contribution in [0.1, 0.15) is 17.0 Å². The zero-order valence-corrected chi connectivity index (χ0v) is 20.1. The molecule has 0 aliphatic carbocycles. The number of urea groups is 1. The Morgan fingerprint density at radius 3 is 2.31 bits per heavy atom. The van der Waals surface area contributed by atoms with E-state index in [0.717, 1.165) is 18.2 Å². The third-order valence-electron chi connectivity index (χ3n) is 5.37. The average Bonchev–Trinajstić information content (AvgIpc) is 3.30. The van der Waals surface area contributed by atoms with Crippen molar-refractivity contribution in [2.24, 2.45) is 5.10 Å². The van der Waals surface area contributed by atoms with E-state index in [-0.39, 0.29) is 16.8 Å². The number of hydrogen-bond acceptors (Lipinski definition) is 4. The Labute approximate surface area is 210 Å². The van der Waals surface area contributed by atoms with E-state index in [4.69, 9.17) is 4.84 Å². The van der Waals surface area contributed by atoms with E-state index < -0.39 is 41.7 Å². The Bertz CT molecular complexity index is 1290. The average molecular weight is 570 g/mol. The predicted octanol–water partition coefficient (Wildman–Crippen LogP) is 6.46. The second-order valence-electron chi connectivity index (χ2n) is 7.53. The molecule has 188 valence electrons. The number of hydrogen-bond donors (Lipinski definition) is 0. The van der Waals surface area contributed by atoms with Gasteiger partial charge in [-0.3, -0.25) is 4.84 Å². The smallest absolute Gasteiger partial charge is 0.387 e. The molecule has 2 amide bonds. The van der Waals surface area contributed by atoms with Crippen LogP contribution in [0.25, 0.3) is 0 Å². The summed E-state index contributed by atoms with van der Waals surface area (Å²) >= 11 is 2.88. The number of rotatable bonds is 6. The number of amides is 2. The molecule has 36 heavy (non-hydrogen) atoms. The zero-order valence-electron chi connectivity index (χ0n) is 18.5. The van der Waals surface area contributed by atoms with E-state index in [0.29, 0.717) is 21.9 Å². The normalized spacial score (nSPS) is 15.3. The van der Waals surface area contributed by atoms with Crippen LogP contribution >= 0.6 is 15.9 Å². The van der Waals surface area contributed by atoms with Crippen LogP contribution in [0.15, 0.2) is 70.2 Å². The van der Waals surface area contributed by atoms with Gasteiger partial charge in [-0.25, -0.2) is 23.0 Å². The van der Waals surface area contributed by atoms with Crippen LogP contribution in [0.2, 0.25) is 0 Å². The molecule has 1 heterocycles. The van der Waals surface area contributed by atoms with E-state index in [1.807, 2.05) is 0 Å². The standard InChI is InChI=1S/C24H17BrF5N3O3/c1-35-33(19-11-10-18(25)20(27)21(19)28)24(34)32-12-17(13-2-6-15(26)7-3-13)22(31-32)14-4-8-16(9-5-14)36-23(29)30/h2-11,17,23H,12H2,1H3. The maximum absolute atomic E-state index is 14.6. The van der Waals surface area contributed by atoms with Gasteiger partial charge in [-0.2, -0.15) is 18.9 Å². The molecule has 1 unspecified atom stereocenters. The van der Waals surface area contributed by atoms with Crippen LogP contribution < -0.4 is 9.80 Å². The highest BCUT2D eigenvalue weighted by Gasteiger charge is 2.36. The van der Waals surface area contributed by atoms with Gasteiger partial charge in [0, 0.05) is 5.92 Å². The maximum Gasteiger partial charge on any atom is 0.387 e. The highest BCUT2D eigenvalue weighted by molar-refractivity contribution is 9.10. The summed E-state index contributed by atoms with van der Waals surface area (Å²) in [6.07, 6.45) is 0. The molecular formula is C24H17BrF5N3O3. The zero-order chi connectivity index (χ0) is 26.0. The first-order chi connectivity index (χ1) is 17.2. The van der Waals surface area contributed by atoms with Crippen LogP contribution in [-0.4, -0.2) is 37.0 Å². The molecule has 0 saturated carbocycles. The van der Waals surface area contributed by atoms with Gasteiger partial charge in [-0.05, 0) is 75.6 Å². The van der Waals surface area contributed by atoms with Gasteiger partial charge in [0.2, 0.25) is 0 Å². The van der Waals surface area contributed by atoms with E-state index >= 15 is 0 Å². The molecule has 1 aliphatic heterocycles. The minimum Gasteiger partial charge on any atom is -0.435 e. The molecule has 0 aromatic heterocycles. The van der Waals surface area contributed by atoms with Crippen LogP contribution in [0, 0.1) is 17.5 Å². The Hall–Kier alpha value is -3.51. The van der Waals surface area contributed by atoms with Crippen molar-refractivity contribution in [2.75, 3.05) is 18.7 Å². The molecule has 0 saturated heterocycles. The fourth-order valence-corrected chi connectivity index (χ4v) is 4.01. The summed E-state index contributed by atoms with van der Waals surface area (Å²) in [7, 11) is 1.11. The first kappa shape index (κ1) is 25.6. The van der Waals surface area contributed by atoms with E-state index in [2.05, 4.69) is 25.8 Å². The van der Waals surface area contributed by atoms with Crippen molar-refractivity contribution in [3.8, 4) is 5.75 Å². The summed E-state index contributed by atoms with van der Waals surface area (Å²) in [6, 6.07) is 12.6. The van der Waals surface area contributed by atoms with Gasteiger partial charge >= 0.3 is 12.6 Å². The second-order valence-corrected chi connectivity index (χ2v) is 8.38. The monoisotopic (exact) mass is 569 g/mol. The minimum absolute atomic E-state index is 0.0461. The largest absolute Gasteiger partial charge is 0.435 e. The number of hydrazone groups is 1. The first-order valence-corrected chi connectivity index (χ1v) is 11.2. The fraction of sp³-hybridized carbons (Fsp3) is 0.167. The lowest BCUT2D eigenvalue weighted by Crippen LogP contribution is -2.40. The van der Waals surface area contributed by atoms with Gasteiger partial charge in [-0.1, -0.05) is 12.1 Å². The summed E-state index contributed by atoms with van der Waals surface area (Å²) in [6.45, 7) is -3.04. The summed E-state index contributed by atoms with van der Waals surface area (Å²) < 4.78 is 71.4. The van der Waals surface area contributed by atoms with Crippen molar-refractivity contribution >= 4 is 33.4 Å².